The Kier molecular flexibility index (Phi) is 3.93. The molecule has 11 heavy (non-hydrogen) atoms. The van der Waals surface area contributed by atoms with Crippen molar-refractivity contribution in [3.8, 4) is 0 Å². The van der Waals surface area contributed by atoms with Crippen LogP contribution in [0.5, 0.6) is 0 Å². The number of hydrogen-bond acceptors (Lipinski definition) is 1. The van der Waals surface area contributed by atoms with Crippen LogP contribution in [0.4, 0.5) is 0 Å². The molecule has 0 heterocycles. The number of nitrogens with one attached hydrogen (secondary N) is 1. The average molecular weight is 191 g/mol. The highest BCUT2D eigenvalue weighted by molar-refractivity contribution is 6.33. The van der Waals surface area contributed by atoms with Gasteiger partial charge in [-0.3, -0.25) is 5.41 Å². The second-order valence-corrected chi connectivity index (χ2v) is 2.30. The molecule has 0 aliphatic rings. The third-order valence-corrected chi connectivity index (χ3v) is 1.49. The number of halogens is 2. The number of nitrogens with two attached hydrogens (primary N) is 1. The summed E-state index contributed by atoms with van der Waals surface area (Å²) in [5.41, 5.74) is 5.80. The molecule has 0 spiro atoms. The Bertz CT molecular complexity index is 260. The van der Waals surface area contributed by atoms with E-state index >= 15 is 0 Å². The minimum Gasteiger partial charge on any atom is -0.384 e. The Morgan fingerprint density at radius 1 is 1.36 bits per heavy atom. The lowest BCUT2D eigenvalue weighted by Gasteiger charge is -1.98. The number of amidine groups is 1. The van der Waals surface area contributed by atoms with E-state index in [0.29, 0.717) is 10.6 Å². The van der Waals surface area contributed by atoms with Crippen molar-refractivity contribution in [2.45, 2.75) is 0 Å². The lowest BCUT2D eigenvalue weighted by molar-refractivity contribution is 1.42. The van der Waals surface area contributed by atoms with Crippen molar-refractivity contribution in [3.05, 3.63) is 34.9 Å². The molecule has 0 aliphatic carbocycles. The van der Waals surface area contributed by atoms with Crippen molar-refractivity contribution in [2.24, 2.45) is 5.73 Å². The zero-order chi connectivity index (χ0) is 7.56. The Balaban J connectivity index is 0.000001000. The summed E-state index contributed by atoms with van der Waals surface area (Å²) in [4.78, 5) is 0. The minimum atomic E-state index is 0. The summed E-state index contributed by atoms with van der Waals surface area (Å²) in [6.07, 6.45) is 0. The van der Waals surface area contributed by atoms with E-state index < -0.39 is 0 Å². The normalized spacial score (nSPS) is 8.45. The molecule has 1 rings (SSSR count). The van der Waals surface area contributed by atoms with Crippen LogP contribution in [0.15, 0.2) is 24.3 Å². The summed E-state index contributed by atoms with van der Waals surface area (Å²) in [6, 6.07) is 7.01. The smallest absolute Gasteiger partial charge is 0.124 e. The van der Waals surface area contributed by atoms with Gasteiger partial charge in [0.15, 0.2) is 0 Å². The molecule has 0 aliphatic heterocycles. The third-order valence-electron chi connectivity index (χ3n) is 1.16. The van der Waals surface area contributed by atoms with Crippen molar-refractivity contribution >= 4 is 29.8 Å². The molecule has 0 radical (unpaired) electrons. The van der Waals surface area contributed by atoms with Gasteiger partial charge >= 0.3 is 0 Å². The van der Waals surface area contributed by atoms with Crippen LogP contribution in [0, 0.1) is 5.41 Å². The lowest BCUT2D eigenvalue weighted by atomic mass is 10.2. The zero-order valence-corrected chi connectivity index (χ0v) is 7.25. The SMILES string of the molecule is Cl.N=C(N)c1ccccc1Cl. The van der Waals surface area contributed by atoms with E-state index in [4.69, 9.17) is 22.7 Å². The molecule has 0 atom stereocenters. The zero-order valence-electron chi connectivity index (χ0n) is 5.67. The molecule has 1 aromatic rings. The molecule has 0 saturated heterocycles. The maximum Gasteiger partial charge on any atom is 0.124 e. The van der Waals surface area contributed by atoms with E-state index in [0.717, 1.165) is 0 Å². The van der Waals surface area contributed by atoms with Gasteiger partial charge in [-0.05, 0) is 12.1 Å². The Morgan fingerprint density at radius 3 is 2.27 bits per heavy atom. The average Bonchev–Trinajstić information content (AvgIpc) is 1.88. The summed E-state index contributed by atoms with van der Waals surface area (Å²) in [6.45, 7) is 0. The minimum absolute atomic E-state index is 0. The van der Waals surface area contributed by atoms with Crippen LogP contribution < -0.4 is 5.73 Å². The van der Waals surface area contributed by atoms with Gasteiger partial charge in [0.2, 0.25) is 0 Å². The molecule has 0 fully saturated rings. The molecule has 0 saturated carbocycles. The molecule has 0 unspecified atom stereocenters. The first-order chi connectivity index (χ1) is 4.72. The fourth-order valence-electron chi connectivity index (χ4n) is 0.680. The Morgan fingerprint density at radius 2 is 1.91 bits per heavy atom. The summed E-state index contributed by atoms with van der Waals surface area (Å²) < 4.78 is 0. The van der Waals surface area contributed by atoms with Gasteiger partial charge in [-0.1, -0.05) is 23.7 Å². The summed E-state index contributed by atoms with van der Waals surface area (Å²) in [5.74, 6) is 0.00519. The van der Waals surface area contributed by atoms with Crippen molar-refractivity contribution < 1.29 is 0 Å². The summed E-state index contributed by atoms with van der Waals surface area (Å²) in [5, 5.41) is 7.59. The Hall–Kier alpha value is -0.730. The van der Waals surface area contributed by atoms with Crippen LogP contribution >= 0.6 is 24.0 Å². The van der Waals surface area contributed by atoms with E-state index in [2.05, 4.69) is 0 Å². The third kappa shape index (κ3) is 2.41. The quantitative estimate of drug-likeness (QED) is 0.517. The van der Waals surface area contributed by atoms with Gasteiger partial charge in [0.25, 0.3) is 0 Å². The van der Waals surface area contributed by atoms with E-state index in [1.54, 1.807) is 24.3 Å². The standard InChI is InChI=1S/C7H7ClN2.ClH/c8-6-4-2-1-3-5(6)7(9)10;/h1-4H,(H3,9,10);1H. The van der Waals surface area contributed by atoms with Gasteiger partial charge in [0, 0.05) is 5.56 Å². The van der Waals surface area contributed by atoms with Gasteiger partial charge in [-0.15, -0.1) is 12.4 Å². The van der Waals surface area contributed by atoms with Gasteiger partial charge in [-0.25, -0.2) is 0 Å². The monoisotopic (exact) mass is 190 g/mol. The van der Waals surface area contributed by atoms with E-state index in [1.165, 1.54) is 0 Å². The second kappa shape index (κ2) is 4.21. The largest absolute Gasteiger partial charge is 0.384 e. The van der Waals surface area contributed by atoms with Crippen LogP contribution in [0.1, 0.15) is 5.56 Å². The molecule has 2 nitrogen and oxygen atoms in total. The van der Waals surface area contributed by atoms with E-state index in [-0.39, 0.29) is 18.2 Å². The number of hydrogen-bond donors (Lipinski definition) is 2. The van der Waals surface area contributed by atoms with Crippen LogP contribution in [-0.4, -0.2) is 5.84 Å². The van der Waals surface area contributed by atoms with Crippen molar-refractivity contribution in [1.82, 2.24) is 0 Å². The lowest BCUT2D eigenvalue weighted by Crippen LogP contribution is -2.11. The molecule has 1 aromatic carbocycles. The maximum absolute atomic E-state index is 7.07. The first-order valence-electron chi connectivity index (χ1n) is 2.81. The van der Waals surface area contributed by atoms with Gasteiger partial charge < -0.3 is 5.73 Å². The van der Waals surface area contributed by atoms with Crippen LogP contribution in [0.3, 0.4) is 0 Å². The predicted octanol–water partition coefficient (Wildman–Crippen LogP) is 2.05. The van der Waals surface area contributed by atoms with Gasteiger partial charge in [0.05, 0.1) is 5.02 Å². The molecule has 3 N–H and O–H groups in total. The van der Waals surface area contributed by atoms with Gasteiger partial charge in [-0.2, -0.15) is 0 Å². The predicted molar refractivity (Wildman–Crippen MR) is 49.7 cm³/mol. The first-order valence-corrected chi connectivity index (χ1v) is 3.18. The van der Waals surface area contributed by atoms with Crippen LogP contribution in [-0.2, 0) is 0 Å². The van der Waals surface area contributed by atoms with Gasteiger partial charge in [0.1, 0.15) is 5.84 Å². The van der Waals surface area contributed by atoms with Crippen LogP contribution in [0.2, 0.25) is 5.02 Å². The fourth-order valence-corrected chi connectivity index (χ4v) is 0.917. The topological polar surface area (TPSA) is 49.9 Å². The number of nitrogen functional groups attached to an aromatic ring is 1. The van der Waals surface area contributed by atoms with Crippen molar-refractivity contribution in [2.75, 3.05) is 0 Å². The molecule has 4 heteroatoms. The molecule has 0 aromatic heterocycles. The fraction of sp³-hybridized carbons (Fsp3) is 0. The van der Waals surface area contributed by atoms with Crippen molar-refractivity contribution in [1.29, 1.82) is 5.41 Å². The van der Waals surface area contributed by atoms with E-state index in [9.17, 15) is 0 Å². The first kappa shape index (κ1) is 10.3. The van der Waals surface area contributed by atoms with Crippen molar-refractivity contribution in [3.63, 3.8) is 0 Å². The summed E-state index contributed by atoms with van der Waals surface area (Å²) >= 11 is 5.70. The Labute approximate surface area is 76.3 Å². The molecule has 0 amide bonds. The highest BCUT2D eigenvalue weighted by Gasteiger charge is 1.98. The molecular weight excluding hydrogens is 183 g/mol. The van der Waals surface area contributed by atoms with Crippen LogP contribution in [0.25, 0.3) is 0 Å². The number of benzene rings is 1. The molecule has 0 bridgehead atoms. The highest BCUT2D eigenvalue weighted by Crippen LogP contribution is 2.13. The highest BCUT2D eigenvalue weighted by atomic mass is 35.5. The molecular formula is C7H8Cl2N2. The summed E-state index contributed by atoms with van der Waals surface area (Å²) in [7, 11) is 0. The second-order valence-electron chi connectivity index (χ2n) is 1.89. The van der Waals surface area contributed by atoms with E-state index in [1.807, 2.05) is 0 Å². The number of rotatable bonds is 1. The molecule has 60 valence electrons. The maximum atomic E-state index is 7.07.